The van der Waals surface area contributed by atoms with E-state index in [1.165, 1.54) is 0 Å². The third kappa shape index (κ3) is 0.986. The van der Waals surface area contributed by atoms with Crippen LogP contribution in [0.1, 0.15) is 20.3 Å². The molecular weight excluding hydrogens is 131 g/mol. The van der Waals surface area contributed by atoms with Crippen LogP contribution in [-0.4, -0.2) is 12.3 Å². The second-order valence-corrected chi connectivity index (χ2v) is 6.49. The van der Waals surface area contributed by atoms with E-state index < -0.39 is 7.14 Å². The molecular formula is C7H13OP. The molecule has 0 saturated carbocycles. The molecule has 0 aromatic carbocycles. The lowest BCUT2D eigenvalue weighted by atomic mass is 10.3. The fraction of sp³-hybridized carbons (Fsp3) is 0.714. The van der Waals surface area contributed by atoms with E-state index in [1.807, 2.05) is 13.6 Å². The summed E-state index contributed by atoms with van der Waals surface area (Å²) in [5.41, 5.74) is 0.400. The lowest BCUT2D eigenvalue weighted by molar-refractivity contribution is 0.577. The molecule has 0 amide bonds. The Balaban J connectivity index is 2.94. The molecule has 1 rings (SSSR count). The summed E-state index contributed by atoms with van der Waals surface area (Å²) in [5.74, 6) is 0. The van der Waals surface area contributed by atoms with Gasteiger partial charge in [0.25, 0.3) is 0 Å². The Morgan fingerprint density at radius 3 is 2.44 bits per heavy atom. The minimum Gasteiger partial charge on any atom is -0.319 e. The van der Waals surface area contributed by atoms with Gasteiger partial charge in [0.05, 0.1) is 0 Å². The summed E-state index contributed by atoms with van der Waals surface area (Å²) in [6.45, 7) is 5.93. The van der Waals surface area contributed by atoms with Gasteiger partial charge in [-0.15, -0.1) is 0 Å². The van der Waals surface area contributed by atoms with Crippen LogP contribution in [0, 0.1) is 0 Å². The average Bonchev–Trinajstić information content (AvgIpc) is 1.96. The average molecular weight is 144 g/mol. The molecule has 1 heterocycles. The van der Waals surface area contributed by atoms with Crippen molar-refractivity contribution in [1.82, 2.24) is 0 Å². The van der Waals surface area contributed by atoms with Crippen LogP contribution < -0.4 is 0 Å². The lowest BCUT2D eigenvalue weighted by Gasteiger charge is -2.11. The Hall–Kier alpha value is -0.0300. The maximum Gasteiger partial charge on any atom is 0.111 e. The fourth-order valence-corrected chi connectivity index (χ4v) is 2.74. The van der Waals surface area contributed by atoms with E-state index in [0.29, 0.717) is 5.66 Å². The molecule has 0 bridgehead atoms. The van der Waals surface area contributed by atoms with Crippen LogP contribution in [0.15, 0.2) is 11.4 Å². The van der Waals surface area contributed by atoms with Gasteiger partial charge in [0.2, 0.25) is 0 Å². The maximum absolute atomic E-state index is 11.6. The zero-order valence-electron chi connectivity index (χ0n) is 6.22. The van der Waals surface area contributed by atoms with Gasteiger partial charge in [0, 0.05) is 5.66 Å². The van der Waals surface area contributed by atoms with E-state index in [9.17, 15) is 4.57 Å². The van der Waals surface area contributed by atoms with E-state index in [-0.39, 0.29) is 0 Å². The van der Waals surface area contributed by atoms with E-state index in [4.69, 9.17) is 0 Å². The van der Waals surface area contributed by atoms with Crippen molar-refractivity contribution >= 4 is 7.14 Å². The van der Waals surface area contributed by atoms with Crippen molar-refractivity contribution in [2.45, 2.75) is 25.9 Å². The number of hydrogen-bond acceptors (Lipinski definition) is 1. The summed E-state index contributed by atoms with van der Waals surface area (Å²) in [6, 6.07) is 0. The third-order valence-corrected chi connectivity index (χ3v) is 5.77. The highest BCUT2D eigenvalue weighted by atomic mass is 31.2. The second kappa shape index (κ2) is 1.98. The Labute approximate surface area is 56.5 Å². The van der Waals surface area contributed by atoms with Crippen molar-refractivity contribution in [3.8, 4) is 0 Å². The third-order valence-electron chi connectivity index (χ3n) is 2.30. The first kappa shape index (κ1) is 7.08. The quantitative estimate of drug-likeness (QED) is 0.477. The number of hydrogen-bond donors (Lipinski definition) is 0. The van der Waals surface area contributed by atoms with Gasteiger partial charge in [0.15, 0.2) is 0 Å². The van der Waals surface area contributed by atoms with E-state index >= 15 is 0 Å². The Bertz CT molecular complexity index is 193. The largest absolute Gasteiger partial charge is 0.319 e. The molecule has 0 aromatic heterocycles. The van der Waals surface area contributed by atoms with Crippen LogP contribution in [0.5, 0.6) is 0 Å². The van der Waals surface area contributed by atoms with Crippen LogP contribution in [-0.2, 0) is 4.57 Å². The molecule has 2 heteroatoms. The standard InChI is InChI=1S/C7H13OP/c1-6-4-5-7(2)9(6,3)8/h4,7H,5H2,1-3H3/t7-,9+/m1/s1. The van der Waals surface area contributed by atoms with E-state index in [1.54, 1.807) is 0 Å². The van der Waals surface area contributed by atoms with Crippen LogP contribution in [0.4, 0.5) is 0 Å². The minimum absolute atomic E-state index is 0.400. The van der Waals surface area contributed by atoms with Gasteiger partial charge in [-0.05, 0) is 25.3 Å². The second-order valence-electron chi connectivity index (χ2n) is 2.92. The van der Waals surface area contributed by atoms with Crippen molar-refractivity contribution in [2.24, 2.45) is 0 Å². The molecule has 0 aliphatic carbocycles. The van der Waals surface area contributed by atoms with Gasteiger partial charge >= 0.3 is 0 Å². The normalized spacial score (nSPS) is 43.0. The molecule has 0 saturated heterocycles. The Kier molecular flexibility index (Phi) is 1.56. The highest BCUT2D eigenvalue weighted by molar-refractivity contribution is 7.68. The molecule has 1 aliphatic rings. The lowest BCUT2D eigenvalue weighted by Crippen LogP contribution is -1.94. The fourth-order valence-electron chi connectivity index (χ4n) is 1.07. The van der Waals surface area contributed by atoms with E-state index in [0.717, 1.165) is 11.7 Å². The van der Waals surface area contributed by atoms with Crippen molar-refractivity contribution in [2.75, 3.05) is 6.66 Å². The molecule has 1 aliphatic heterocycles. The van der Waals surface area contributed by atoms with Gasteiger partial charge in [-0.2, -0.15) is 0 Å². The first-order valence-corrected chi connectivity index (χ1v) is 5.52. The van der Waals surface area contributed by atoms with Crippen LogP contribution >= 0.6 is 7.14 Å². The van der Waals surface area contributed by atoms with Crippen LogP contribution in [0.3, 0.4) is 0 Å². The predicted molar refractivity (Wildman–Crippen MR) is 41.4 cm³/mol. The Morgan fingerprint density at radius 2 is 2.33 bits per heavy atom. The topological polar surface area (TPSA) is 17.1 Å². The van der Waals surface area contributed by atoms with Gasteiger partial charge in [-0.1, -0.05) is 13.0 Å². The van der Waals surface area contributed by atoms with Gasteiger partial charge in [-0.3, -0.25) is 0 Å². The highest BCUT2D eigenvalue weighted by Gasteiger charge is 2.29. The summed E-state index contributed by atoms with van der Waals surface area (Å²) in [7, 11) is -1.86. The van der Waals surface area contributed by atoms with Crippen LogP contribution in [0.25, 0.3) is 0 Å². The summed E-state index contributed by atoms with van der Waals surface area (Å²) < 4.78 is 11.6. The van der Waals surface area contributed by atoms with Crippen molar-refractivity contribution in [1.29, 1.82) is 0 Å². The molecule has 2 atom stereocenters. The minimum atomic E-state index is -1.86. The SMILES string of the molecule is CC1=CC[C@@H](C)[P@@]1(C)=O. The van der Waals surface area contributed by atoms with Gasteiger partial charge in [0.1, 0.15) is 7.14 Å². The molecule has 0 fully saturated rings. The molecule has 0 spiro atoms. The van der Waals surface area contributed by atoms with Crippen molar-refractivity contribution in [3.63, 3.8) is 0 Å². The Morgan fingerprint density at radius 1 is 1.78 bits per heavy atom. The van der Waals surface area contributed by atoms with Crippen molar-refractivity contribution in [3.05, 3.63) is 11.4 Å². The number of rotatable bonds is 0. The smallest absolute Gasteiger partial charge is 0.111 e. The molecule has 0 unspecified atom stereocenters. The molecule has 0 aromatic rings. The monoisotopic (exact) mass is 144 g/mol. The summed E-state index contributed by atoms with van der Waals surface area (Å²) in [4.78, 5) is 0. The first-order valence-electron chi connectivity index (χ1n) is 3.29. The number of allylic oxidation sites excluding steroid dienone is 2. The zero-order chi connectivity index (χ0) is 7.07. The van der Waals surface area contributed by atoms with E-state index in [2.05, 4.69) is 13.0 Å². The summed E-state index contributed by atoms with van der Waals surface area (Å²) >= 11 is 0. The predicted octanol–water partition coefficient (Wildman–Crippen LogP) is 2.68. The maximum atomic E-state index is 11.6. The van der Waals surface area contributed by atoms with Crippen molar-refractivity contribution < 1.29 is 4.57 Å². The summed E-state index contributed by atoms with van der Waals surface area (Å²) in [6.07, 6.45) is 3.12. The summed E-state index contributed by atoms with van der Waals surface area (Å²) in [5, 5.41) is 1.12. The highest BCUT2D eigenvalue weighted by Crippen LogP contribution is 2.59. The zero-order valence-corrected chi connectivity index (χ0v) is 7.11. The first-order chi connectivity index (χ1) is 4.05. The van der Waals surface area contributed by atoms with Gasteiger partial charge in [-0.25, -0.2) is 0 Å². The molecule has 9 heavy (non-hydrogen) atoms. The van der Waals surface area contributed by atoms with Crippen LogP contribution in [0.2, 0.25) is 0 Å². The molecule has 1 nitrogen and oxygen atoms in total. The molecule has 0 radical (unpaired) electrons. The molecule has 52 valence electrons. The molecule has 0 N–H and O–H groups in total. The van der Waals surface area contributed by atoms with Gasteiger partial charge < -0.3 is 4.57 Å².